The van der Waals surface area contributed by atoms with E-state index in [0.29, 0.717) is 0 Å². The van der Waals surface area contributed by atoms with E-state index in [1.54, 1.807) is 13.8 Å². The van der Waals surface area contributed by atoms with Crippen molar-refractivity contribution in [2.45, 2.75) is 38.5 Å². The summed E-state index contributed by atoms with van der Waals surface area (Å²) in [5.41, 5.74) is 0. The van der Waals surface area contributed by atoms with Crippen LogP contribution in [-0.2, 0) is 66.6 Å². The number of aliphatic hydroxyl groups excluding tert-OH is 3. The number of carbonyl (C=O) groups excluding carboxylic acids is 3. The molecule has 0 aromatic heterocycles. The van der Waals surface area contributed by atoms with Gasteiger partial charge in [-0.1, -0.05) is 0 Å². The van der Waals surface area contributed by atoms with Crippen molar-refractivity contribution in [3.63, 3.8) is 0 Å². The molecule has 0 spiro atoms. The number of hydrogen-bond acceptors (Lipinski definition) is 9. The smallest absolute Gasteiger partial charge is 0.542 e. The van der Waals surface area contributed by atoms with Gasteiger partial charge in [-0.3, -0.25) is 0 Å². The first-order valence-electron chi connectivity index (χ1n) is 6.80. The summed E-state index contributed by atoms with van der Waals surface area (Å²) >= 11 is 0. The maximum Gasteiger partial charge on any atom is 3.00 e. The van der Waals surface area contributed by atoms with E-state index < -0.39 is 42.5 Å². The van der Waals surface area contributed by atoms with Crippen LogP contribution in [-0.4, -0.2) is 71.1 Å². The van der Waals surface area contributed by atoms with E-state index in [-0.39, 0.29) is 65.4 Å². The Kier molecular flexibility index (Phi) is 47.8. The molecule has 0 atom stereocenters. The van der Waals surface area contributed by atoms with Crippen LogP contribution < -0.4 is 15.3 Å². The standard InChI is InChI=1S/C3H8O3.3C2HF3O2.2C2H5.Y.Zn/c4-1-3(6)2-5;3*3-2(4,5)1(6)7;2*1-2;;/h3-6H,1-2H2;3*(H,6,7);2*1H2,2H3;;/q;;;;2*-1;+3;+2/p-3. The minimum Gasteiger partial charge on any atom is -0.542 e. The van der Waals surface area contributed by atoms with E-state index in [0.717, 1.165) is 0 Å². The Morgan fingerprint density at radius 2 is 0.758 bits per heavy atom. The normalized spacial score (nSPS) is 9.36. The van der Waals surface area contributed by atoms with Gasteiger partial charge >= 0.3 is 70.7 Å². The van der Waals surface area contributed by atoms with Crippen LogP contribution in [0.5, 0.6) is 0 Å². The van der Waals surface area contributed by atoms with Gasteiger partial charge in [0.1, 0.15) is 24.0 Å². The molecule has 0 aromatic rings. The molecule has 0 amide bonds. The number of aliphatic carboxylic acids is 3. The average Bonchev–Trinajstić information content (AvgIpc) is 2.63. The zero-order valence-corrected chi connectivity index (χ0v) is 22.7. The first kappa shape index (κ1) is 53.6. The predicted octanol–water partition coefficient (Wildman–Crippen LogP) is -2.10. The van der Waals surface area contributed by atoms with Crippen molar-refractivity contribution in [2.24, 2.45) is 0 Å². The number of aliphatic hydroxyl groups is 3. The Bertz CT molecular complexity index is 399. The first-order chi connectivity index (χ1) is 13.6. The van der Waals surface area contributed by atoms with Crippen molar-refractivity contribution in [1.29, 1.82) is 0 Å². The quantitative estimate of drug-likeness (QED) is 0.173. The van der Waals surface area contributed by atoms with Crippen molar-refractivity contribution in [3.8, 4) is 0 Å². The third kappa shape index (κ3) is 59.3. The summed E-state index contributed by atoms with van der Waals surface area (Å²) in [5.74, 6) is -9.02. The van der Waals surface area contributed by atoms with Gasteiger partial charge in [0, 0.05) is 0 Å². The van der Waals surface area contributed by atoms with Gasteiger partial charge in [-0.2, -0.15) is 53.4 Å². The zero-order chi connectivity index (χ0) is 27.2. The Morgan fingerprint density at radius 1 is 0.667 bits per heavy atom. The molecule has 0 saturated heterocycles. The molecule has 0 rings (SSSR count). The Balaban J connectivity index is -0.0000000393. The van der Waals surface area contributed by atoms with E-state index in [1.807, 2.05) is 0 Å². The molecule has 0 aromatic carbocycles. The van der Waals surface area contributed by atoms with Gasteiger partial charge in [0.15, 0.2) is 0 Å². The maximum atomic E-state index is 10.5. The third-order valence-electron chi connectivity index (χ3n) is 1.12. The number of halogens is 9. The number of hydrogen-bond donors (Lipinski definition) is 3. The summed E-state index contributed by atoms with van der Waals surface area (Å²) in [6, 6.07) is 0. The summed E-state index contributed by atoms with van der Waals surface area (Å²) in [6.45, 7) is 9.27. The van der Waals surface area contributed by atoms with Gasteiger partial charge in [-0.05, 0) is 0 Å². The zero-order valence-electron chi connectivity index (χ0n) is 16.9. The van der Waals surface area contributed by atoms with Crippen LogP contribution in [0.15, 0.2) is 0 Å². The fourth-order valence-corrected chi connectivity index (χ4v) is 0.0577. The number of rotatable bonds is 2. The van der Waals surface area contributed by atoms with Gasteiger partial charge in [-0.15, -0.1) is 0 Å². The van der Waals surface area contributed by atoms with Crippen LogP contribution in [0.3, 0.4) is 0 Å². The molecule has 0 bridgehead atoms. The monoisotopic (exact) mass is 642 g/mol. The average molecular weight is 644 g/mol. The first-order valence-corrected chi connectivity index (χ1v) is 6.80. The Morgan fingerprint density at radius 3 is 0.758 bits per heavy atom. The summed E-state index contributed by atoms with van der Waals surface area (Å²) < 4.78 is 94.6. The number of carboxylic acid groups (broad SMARTS) is 3. The van der Waals surface area contributed by atoms with Crippen LogP contribution in [0, 0.1) is 13.8 Å². The molecule has 0 heterocycles. The number of carbonyl (C=O) groups is 3. The Labute approximate surface area is 219 Å². The second-order valence-corrected chi connectivity index (χ2v) is 3.37. The molecule has 0 radical (unpaired) electrons. The van der Waals surface area contributed by atoms with E-state index in [1.165, 1.54) is 0 Å². The van der Waals surface area contributed by atoms with Crippen LogP contribution in [0.2, 0.25) is 0 Å². The van der Waals surface area contributed by atoms with Gasteiger partial charge in [0.05, 0.1) is 13.2 Å². The molecule has 0 aliphatic carbocycles. The van der Waals surface area contributed by atoms with Crippen LogP contribution in [0.4, 0.5) is 39.5 Å². The van der Waals surface area contributed by atoms with Gasteiger partial charge in [0.2, 0.25) is 0 Å². The van der Waals surface area contributed by atoms with Crippen molar-refractivity contribution in [1.82, 2.24) is 0 Å². The largest absolute Gasteiger partial charge is 3.00 e. The van der Waals surface area contributed by atoms with Gasteiger partial charge < -0.3 is 58.9 Å². The van der Waals surface area contributed by atoms with Crippen LogP contribution in [0.1, 0.15) is 13.8 Å². The fourth-order valence-electron chi connectivity index (χ4n) is 0.0577. The van der Waals surface area contributed by atoms with E-state index in [9.17, 15) is 39.5 Å². The summed E-state index contributed by atoms with van der Waals surface area (Å²) in [5, 5.41) is 50.4. The second-order valence-electron chi connectivity index (χ2n) is 3.37. The molecular formula is C13H18F9O9YZn. The molecule has 192 valence electrons. The molecule has 0 saturated carbocycles. The van der Waals surface area contributed by atoms with E-state index in [2.05, 4.69) is 13.8 Å². The summed E-state index contributed by atoms with van der Waals surface area (Å²) in [6.07, 6.45) is -16.5. The SMILES string of the molecule is O=C([O-])C(F)(F)F.O=C([O-])C(F)(F)F.O=C([O-])C(F)(F)F.OCC(O)CO.[CH2-]C.[CH2-]C.[Y+3].[Zn+2]. The van der Waals surface area contributed by atoms with E-state index in [4.69, 9.17) is 45.0 Å². The van der Waals surface area contributed by atoms with E-state index >= 15 is 0 Å². The van der Waals surface area contributed by atoms with Crippen molar-refractivity contribution >= 4 is 17.9 Å². The third-order valence-corrected chi connectivity index (χ3v) is 1.12. The molecule has 0 aliphatic heterocycles. The number of carboxylic acids is 3. The molecule has 20 heteroatoms. The molecule has 0 aliphatic rings. The van der Waals surface area contributed by atoms with Crippen LogP contribution in [0.25, 0.3) is 0 Å². The van der Waals surface area contributed by atoms with Crippen molar-refractivity contribution in [2.75, 3.05) is 13.2 Å². The minimum atomic E-state index is -5.19. The van der Waals surface area contributed by atoms with Gasteiger partial charge in [0.25, 0.3) is 0 Å². The summed E-state index contributed by atoms with van der Waals surface area (Å²) in [7, 11) is 0. The molecule has 0 unspecified atom stereocenters. The van der Waals surface area contributed by atoms with Crippen molar-refractivity contribution < 1.29 is 137 Å². The second kappa shape index (κ2) is 29.4. The van der Waals surface area contributed by atoms with Crippen molar-refractivity contribution in [3.05, 3.63) is 13.8 Å². The predicted molar refractivity (Wildman–Crippen MR) is 75.4 cm³/mol. The molecule has 9 nitrogen and oxygen atoms in total. The fraction of sp³-hybridized carbons (Fsp3) is 0.615. The summed E-state index contributed by atoms with van der Waals surface area (Å²) in [4.78, 5) is 26.4. The molecule has 33 heavy (non-hydrogen) atoms. The minimum absolute atomic E-state index is 0. The van der Waals surface area contributed by atoms with Crippen LogP contribution >= 0.6 is 0 Å². The molecular weight excluding hydrogens is 625 g/mol. The topological polar surface area (TPSA) is 181 Å². The van der Waals surface area contributed by atoms with Gasteiger partial charge in [-0.25, -0.2) is 0 Å². The molecule has 3 N–H and O–H groups in total. The number of alkyl halides is 9. The maximum absolute atomic E-state index is 10.5. The Hall–Kier alpha value is -0.613. The molecule has 0 fully saturated rings.